The minimum absolute atomic E-state index is 0.156. The van der Waals surface area contributed by atoms with Gasteiger partial charge < -0.3 is 20.3 Å². The summed E-state index contributed by atoms with van der Waals surface area (Å²) in [6.07, 6.45) is 0.681. The Morgan fingerprint density at radius 3 is 1.74 bits per heavy atom. The molecule has 0 aromatic heterocycles. The van der Waals surface area contributed by atoms with E-state index in [9.17, 15) is 9.59 Å². The second-order valence-corrected chi connectivity index (χ2v) is 4.57. The summed E-state index contributed by atoms with van der Waals surface area (Å²) in [5.74, 6) is -2.43. The Morgan fingerprint density at radius 1 is 0.913 bits per heavy atom. The summed E-state index contributed by atoms with van der Waals surface area (Å²) in [5, 5.41) is 31.7. The van der Waals surface area contributed by atoms with Crippen LogP contribution in [-0.4, -0.2) is 39.9 Å². The van der Waals surface area contributed by atoms with Crippen LogP contribution in [0.15, 0.2) is 42.5 Å². The Bertz CT molecular complexity index is 681. The van der Waals surface area contributed by atoms with Gasteiger partial charge in [0.2, 0.25) is 0 Å². The summed E-state index contributed by atoms with van der Waals surface area (Å²) < 4.78 is 0. The average molecular weight is 316 g/mol. The van der Waals surface area contributed by atoms with Crippen molar-refractivity contribution in [3.8, 4) is 11.1 Å². The molecule has 2 aliphatic carbocycles. The molecular weight excluding hydrogens is 299 g/mol. The normalized spacial score (nSPS) is 9.52. The highest BCUT2D eigenvalue weighted by Gasteiger charge is 2.15. The number of carbonyl (C=O) groups is 2. The molecule has 7 heteroatoms. The van der Waals surface area contributed by atoms with Crippen LogP contribution in [0, 0.1) is 0 Å². The summed E-state index contributed by atoms with van der Waals surface area (Å²) in [5.41, 5.74) is 3.34. The van der Waals surface area contributed by atoms with Crippen LogP contribution in [0.2, 0.25) is 0 Å². The van der Waals surface area contributed by atoms with Crippen molar-refractivity contribution in [2.24, 2.45) is 0 Å². The van der Waals surface area contributed by atoms with Gasteiger partial charge in [-0.15, -0.1) is 0 Å². The monoisotopic (exact) mass is 316 g/mol. The molecule has 1 aromatic rings. The molecule has 0 saturated carbocycles. The molecule has 1 aromatic carbocycles. The lowest BCUT2D eigenvalue weighted by Crippen LogP contribution is -2.08. The molecule has 0 fully saturated rings. The number of carboxylic acids is 2. The van der Waals surface area contributed by atoms with Crippen LogP contribution in [0.4, 0.5) is 0 Å². The molecule has 4 N–H and O–H groups in total. The summed E-state index contributed by atoms with van der Waals surface area (Å²) in [4.78, 5) is 21.4. The molecule has 6 nitrogen and oxygen atoms in total. The number of hydrogen-bond donors (Lipinski definition) is 4. The molecule has 120 valence electrons. The van der Waals surface area contributed by atoms with E-state index in [-0.39, 0.29) is 11.1 Å². The van der Waals surface area contributed by atoms with E-state index in [1.54, 1.807) is 6.07 Å². The number of carboxylic acid groups (broad SMARTS) is 2. The van der Waals surface area contributed by atoms with E-state index in [2.05, 4.69) is 24.3 Å². The highest BCUT2D eigenvalue weighted by molar-refractivity contribution is 6.13. The van der Waals surface area contributed by atoms with Gasteiger partial charge in [0, 0.05) is 0 Å². The molecule has 0 unspecified atom stereocenters. The fraction of sp³-hybridized carbons (Fsp3) is 0.125. The third kappa shape index (κ3) is 5.57. The predicted molar refractivity (Wildman–Crippen MR) is 86.8 cm³/mol. The van der Waals surface area contributed by atoms with Gasteiger partial charge in [-0.1, -0.05) is 31.2 Å². The summed E-state index contributed by atoms with van der Waals surface area (Å²) in [6, 6.07) is 12.8. The fourth-order valence-electron chi connectivity index (χ4n) is 1.85. The van der Waals surface area contributed by atoms with E-state index in [4.69, 9.17) is 20.3 Å². The van der Waals surface area contributed by atoms with E-state index in [1.165, 1.54) is 23.3 Å². The molecule has 0 amide bonds. The van der Waals surface area contributed by atoms with E-state index >= 15 is 0 Å². The molecule has 0 atom stereocenters. The molecule has 2 aliphatic rings. The molecule has 0 bridgehead atoms. The van der Waals surface area contributed by atoms with Crippen LogP contribution in [0.5, 0.6) is 0 Å². The Balaban J connectivity index is 0.000000238. The Labute approximate surface area is 134 Å². The lowest BCUT2D eigenvalue weighted by atomic mass is 10.0. The Kier molecular flexibility index (Phi) is 6.98. The van der Waals surface area contributed by atoms with Crippen molar-refractivity contribution in [1.29, 1.82) is 0 Å². The number of hydrogen-bond acceptors (Lipinski definition) is 4. The second kappa shape index (κ2) is 8.72. The zero-order valence-corrected chi connectivity index (χ0v) is 12.6. The zero-order chi connectivity index (χ0) is 17.4. The van der Waals surface area contributed by atoms with Crippen LogP contribution in [0.3, 0.4) is 0 Å². The summed E-state index contributed by atoms with van der Waals surface area (Å²) >= 11 is 0. The number of benzene rings is 2. The van der Waals surface area contributed by atoms with Gasteiger partial charge in [-0.3, -0.25) is 0 Å². The van der Waals surface area contributed by atoms with Gasteiger partial charge >= 0.3 is 19.6 Å². The first-order valence-electron chi connectivity index (χ1n) is 6.86. The quantitative estimate of drug-likeness (QED) is 0.545. The van der Waals surface area contributed by atoms with Crippen molar-refractivity contribution in [3.05, 3.63) is 59.2 Å². The second-order valence-electron chi connectivity index (χ2n) is 4.57. The summed E-state index contributed by atoms with van der Waals surface area (Å²) in [6.45, 7) is 1.88. The maximum atomic E-state index is 10.7. The lowest BCUT2D eigenvalue weighted by molar-refractivity contribution is 0.0651. The van der Waals surface area contributed by atoms with Crippen LogP contribution in [0.25, 0.3) is 11.1 Å². The average Bonchev–Trinajstić information content (AvgIpc) is 3.13. The Morgan fingerprint density at radius 2 is 1.43 bits per heavy atom. The van der Waals surface area contributed by atoms with E-state index in [0.29, 0.717) is 6.42 Å². The van der Waals surface area contributed by atoms with Crippen LogP contribution in [0.1, 0.15) is 33.2 Å². The fourth-order valence-corrected chi connectivity index (χ4v) is 1.85. The van der Waals surface area contributed by atoms with Gasteiger partial charge in [-0.2, -0.15) is 0 Å². The molecule has 0 heterocycles. The van der Waals surface area contributed by atoms with E-state index in [1.807, 2.05) is 6.92 Å². The van der Waals surface area contributed by atoms with Crippen molar-refractivity contribution in [3.63, 3.8) is 0 Å². The number of fused-ring (bicyclic) bond motifs is 1. The van der Waals surface area contributed by atoms with Crippen molar-refractivity contribution in [2.45, 2.75) is 13.3 Å². The van der Waals surface area contributed by atoms with Crippen molar-refractivity contribution < 1.29 is 29.9 Å². The molecule has 3 rings (SSSR count). The number of rotatable bonds is 3. The molecule has 0 aliphatic heterocycles. The molecule has 0 radical (unpaired) electrons. The van der Waals surface area contributed by atoms with Gasteiger partial charge in [0.15, 0.2) is 0 Å². The van der Waals surface area contributed by atoms with Crippen LogP contribution < -0.4 is 0 Å². The van der Waals surface area contributed by atoms with Gasteiger partial charge in [-0.05, 0) is 41.3 Å². The Hall–Kier alpha value is -2.64. The molecular formula is C16H17BO6. The predicted octanol–water partition coefficient (Wildman–Crippen LogP) is 1.55. The minimum Gasteiger partial charge on any atom is -0.478 e. The third-order valence-electron chi connectivity index (χ3n) is 3.07. The maximum absolute atomic E-state index is 10.7. The minimum atomic E-state index is -1.22. The van der Waals surface area contributed by atoms with E-state index < -0.39 is 19.6 Å². The van der Waals surface area contributed by atoms with Crippen LogP contribution in [-0.2, 0) is 6.42 Å². The standard InChI is InChI=1S/C10H10O4.C6H4.BH3O2/c1-2-6-3-4-7(9(11)12)8(5-6)10(13)14;1-2-5-4-6(5)3-1;2-1-3/h3-5H,2H2,1H3,(H,11,12)(H,13,14);1-4H;1-3H. The van der Waals surface area contributed by atoms with Gasteiger partial charge in [-0.25, -0.2) is 9.59 Å². The molecule has 0 spiro atoms. The third-order valence-corrected chi connectivity index (χ3v) is 3.07. The molecule has 23 heavy (non-hydrogen) atoms. The van der Waals surface area contributed by atoms with Crippen molar-refractivity contribution in [1.82, 2.24) is 0 Å². The van der Waals surface area contributed by atoms with Crippen molar-refractivity contribution >= 4 is 19.6 Å². The summed E-state index contributed by atoms with van der Waals surface area (Å²) in [7, 11) is -0.750. The first-order valence-corrected chi connectivity index (χ1v) is 6.86. The van der Waals surface area contributed by atoms with Gasteiger partial charge in [0.25, 0.3) is 0 Å². The SMILES string of the molecule is CCc1ccc(C(=O)O)c(C(=O)O)c1.OBO.c1cc2cc-2c1. The van der Waals surface area contributed by atoms with Crippen LogP contribution >= 0.6 is 0 Å². The van der Waals surface area contributed by atoms with E-state index in [0.717, 1.165) is 5.56 Å². The number of aromatic carboxylic acids is 2. The van der Waals surface area contributed by atoms with Crippen molar-refractivity contribution in [2.75, 3.05) is 0 Å². The maximum Gasteiger partial charge on any atom is 0.432 e. The highest BCUT2D eigenvalue weighted by Crippen LogP contribution is 2.32. The highest BCUT2D eigenvalue weighted by atomic mass is 16.4. The zero-order valence-electron chi connectivity index (χ0n) is 12.6. The van der Waals surface area contributed by atoms with Gasteiger partial charge in [0.05, 0.1) is 11.1 Å². The lowest BCUT2D eigenvalue weighted by Gasteiger charge is -2.03. The first-order chi connectivity index (χ1) is 10.9. The number of aryl methyl sites for hydroxylation is 1. The smallest absolute Gasteiger partial charge is 0.432 e. The largest absolute Gasteiger partial charge is 0.478 e. The molecule has 0 saturated heterocycles. The first kappa shape index (κ1) is 18.4. The topological polar surface area (TPSA) is 115 Å². The van der Waals surface area contributed by atoms with Gasteiger partial charge in [0.1, 0.15) is 0 Å².